The van der Waals surface area contributed by atoms with Crippen LogP contribution >= 0.6 is 11.6 Å². The van der Waals surface area contributed by atoms with Crippen LogP contribution in [0.5, 0.6) is 0 Å². The molecule has 4 rings (SSSR count). The molecule has 1 amide bonds. The molecule has 4 aromatic rings. The number of nitrogens with one attached hydrogen (secondary N) is 3. The van der Waals surface area contributed by atoms with Gasteiger partial charge in [0.05, 0.1) is 48.3 Å². The smallest absolute Gasteiger partial charge is 0.341 e. The fraction of sp³-hybridized carbons (Fsp3) is 0.419. The molecule has 0 spiro atoms. The van der Waals surface area contributed by atoms with E-state index in [1.807, 2.05) is 6.07 Å². The normalized spacial score (nSPS) is 13.1. The lowest BCUT2D eigenvalue weighted by molar-refractivity contribution is -0.00178. The standard InChI is InChI=1S/C20H24F2N6O2.C11H15ClN2O3/c1-12(7-21)27-15-6-17(28-5-4-13-8-23-11-26-18(13)28)24-9-14(15)19(29)25-10-16(22)20(2,3)30;1-3-17-11(16)8-5-13-10(12)4-9(8)14-7(2)6-15/h4-6,8-9,11-12,16,30H,7,10H2,1-3H3,(H,24,27)(H,25,29);4-5,7,15H,3,6H2,1-2H3,(H,13,14)/t12?,16-;/m1./s1. The number of pyridine rings is 2. The number of anilines is 2. The number of rotatable bonds is 13. The highest BCUT2D eigenvalue weighted by Crippen LogP contribution is 2.23. The average Bonchev–Trinajstić information content (AvgIpc) is 3.47. The van der Waals surface area contributed by atoms with E-state index < -0.39 is 36.4 Å². The molecule has 254 valence electrons. The molecule has 0 aromatic carbocycles. The van der Waals surface area contributed by atoms with Gasteiger partial charge in [-0.25, -0.2) is 33.5 Å². The first-order valence-corrected chi connectivity index (χ1v) is 15.1. The third kappa shape index (κ3) is 10.3. The Labute approximate surface area is 275 Å². The van der Waals surface area contributed by atoms with Gasteiger partial charge in [-0.2, -0.15) is 0 Å². The minimum absolute atomic E-state index is 0.0534. The Morgan fingerprint density at radius 3 is 2.40 bits per heavy atom. The number of carbonyl (C=O) groups is 2. The van der Waals surface area contributed by atoms with Gasteiger partial charge in [0.15, 0.2) is 0 Å². The summed E-state index contributed by atoms with van der Waals surface area (Å²) in [6, 6.07) is 4.21. The first kappa shape index (κ1) is 37.0. The molecule has 0 saturated heterocycles. The van der Waals surface area contributed by atoms with Gasteiger partial charge in [0.1, 0.15) is 41.4 Å². The molecule has 2 unspecified atom stereocenters. The summed E-state index contributed by atoms with van der Waals surface area (Å²) in [4.78, 5) is 40.6. The Hall–Kier alpha value is -4.47. The van der Waals surface area contributed by atoms with Crippen molar-refractivity contribution in [2.24, 2.45) is 0 Å². The van der Waals surface area contributed by atoms with Gasteiger partial charge in [-0.15, -0.1) is 0 Å². The van der Waals surface area contributed by atoms with E-state index in [0.717, 1.165) is 5.39 Å². The highest BCUT2D eigenvalue weighted by Gasteiger charge is 2.27. The van der Waals surface area contributed by atoms with Crippen molar-refractivity contribution in [1.29, 1.82) is 0 Å². The third-order valence-electron chi connectivity index (χ3n) is 6.61. The van der Waals surface area contributed by atoms with E-state index in [4.69, 9.17) is 21.4 Å². The molecule has 0 saturated carbocycles. The van der Waals surface area contributed by atoms with E-state index in [9.17, 15) is 23.5 Å². The number of aliphatic hydroxyl groups excluding tert-OH is 1. The first-order valence-electron chi connectivity index (χ1n) is 14.7. The van der Waals surface area contributed by atoms with Crippen molar-refractivity contribution in [3.05, 3.63) is 65.6 Å². The Kier molecular flexibility index (Phi) is 13.3. The summed E-state index contributed by atoms with van der Waals surface area (Å²) in [5.41, 5.74) is 0.327. The maximum atomic E-state index is 14.0. The Balaban J connectivity index is 0.000000300. The number of fused-ring (bicyclic) bond motifs is 1. The summed E-state index contributed by atoms with van der Waals surface area (Å²) in [5.74, 6) is -0.591. The van der Waals surface area contributed by atoms with Gasteiger partial charge in [0.2, 0.25) is 0 Å². The van der Waals surface area contributed by atoms with E-state index in [1.165, 1.54) is 38.6 Å². The molecular weight excluding hydrogens is 638 g/mol. The van der Waals surface area contributed by atoms with Gasteiger partial charge in [-0.1, -0.05) is 11.6 Å². The van der Waals surface area contributed by atoms with E-state index in [2.05, 4.69) is 35.9 Å². The molecule has 0 fully saturated rings. The average molecular weight is 677 g/mol. The van der Waals surface area contributed by atoms with E-state index in [-0.39, 0.29) is 36.5 Å². The number of aromatic nitrogens is 5. The second-order valence-electron chi connectivity index (χ2n) is 11.1. The highest BCUT2D eigenvalue weighted by atomic mass is 35.5. The summed E-state index contributed by atoms with van der Waals surface area (Å²) in [6.45, 7) is 6.99. The van der Waals surface area contributed by atoms with Gasteiger partial charge in [0, 0.05) is 42.3 Å². The van der Waals surface area contributed by atoms with Crippen molar-refractivity contribution in [2.45, 2.75) is 58.5 Å². The zero-order valence-corrected chi connectivity index (χ0v) is 27.4. The van der Waals surface area contributed by atoms with Crippen molar-refractivity contribution in [3.8, 4) is 5.82 Å². The molecule has 13 nitrogen and oxygen atoms in total. The fourth-order valence-electron chi connectivity index (χ4n) is 4.00. The minimum Gasteiger partial charge on any atom is -0.462 e. The molecular formula is C31H39ClF2N8O5. The van der Waals surface area contributed by atoms with Crippen LogP contribution in [0.1, 0.15) is 55.3 Å². The van der Waals surface area contributed by atoms with Crippen LogP contribution in [0.25, 0.3) is 16.9 Å². The van der Waals surface area contributed by atoms with E-state index >= 15 is 0 Å². The molecule has 0 aliphatic rings. The maximum absolute atomic E-state index is 14.0. The van der Waals surface area contributed by atoms with Crippen LogP contribution in [0, 0.1) is 0 Å². The minimum atomic E-state index is -1.65. The largest absolute Gasteiger partial charge is 0.462 e. The van der Waals surface area contributed by atoms with Crippen molar-refractivity contribution in [2.75, 3.05) is 37.1 Å². The summed E-state index contributed by atoms with van der Waals surface area (Å²) in [7, 11) is 0. The van der Waals surface area contributed by atoms with Crippen LogP contribution in [0.3, 0.4) is 0 Å². The Morgan fingerprint density at radius 2 is 1.74 bits per heavy atom. The predicted molar refractivity (Wildman–Crippen MR) is 175 cm³/mol. The summed E-state index contributed by atoms with van der Waals surface area (Å²) in [6.07, 6.45) is 5.89. The number of carbonyl (C=O) groups excluding carboxylic acids is 2. The van der Waals surface area contributed by atoms with Crippen molar-refractivity contribution >= 4 is 45.9 Å². The van der Waals surface area contributed by atoms with E-state index in [1.54, 1.807) is 43.8 Å². The van der Waals surface area contributed by atoms with Crippen LogP contribution < -0.4 is 16.0 Å². The molecule has 4 aromatic heterocycles. The van der Waals surface area contributed by atoms with Gasteiger partial charge < -0.3 is 30.9 Å². The lowest BCUT2D eigenvalue weighted by atomic mass is 10.0. The van der Waals surface area contributed by atoms with E-state index in [0.29, 0.717) is 28.4 Å². The monoisotopic (exact) mass is 676 g/mol. The lowest BCUT2D eigenvalue weighted by Gasteiger charge is -2.23. The maximum Gasteiger partial charge on any atom is 0.341 e. The second kappa shape index (κ2) is 16.9. The Bertz CT molecular complexity index is 1650. The quantitative estimate of drug-likeness (QED) is 0.102. The SMILES string of the molecule is CC(CF)Nc1cc(-n2ccc3cncnc32)ncc1C(=O)NC[C@@H](F)C(C)(C)O.CCOC(=O)c1cnc(Cl)cc1NC(C)CO. The van der Waals surface area contributed by atoms with Crippen LogP contribution in [0.15, 0.2) is 49.3 Å². The molecule has 0 bridgehead atoms. The summed E-state index contributed by atoms with van der Waals surface area (Å²) < 4.78 is 33.7. The summed E-state index contributed by atoms with van der Waals surface area (Å²) in [5, 5.41) is 28.1. The zero-order valence-electron chi connectivity index (χ0n) is 26.7. The van der Waals surface area contributed by atoms with Gasteiger partial charge in [-0.05, 0) is 46.8 Å². The Morgan fingerprint density at radius 1 is 1.06 bits per heavy atom. The molecule has 0 radical (unpaired) electrons. The molecule has 0 aliphatic carbocycles. The number of aliphatic hydroxyl groups is 2. The van der Waals surface area contributed by atoms with Crippen molar-refractivity contribution in [1.82, 2.24) is 29.8 Å². The van der Waals surface area contributed by atoms with Gasteiger partial charge in [-0.3, -0.25) is 9.36 Å². The van der Waals surface area contributed by atoms with Gasteiger partial charge >= 0.3 is 5.97 Å². The van der Waals surface area contributed by atoms with Crippen molar-refractivity contribution < 1.29 is 33.3 Å². The number of amides is 1. The number of ether oxygens (including phenoxy) is 1. The fourth-order valence-corrected chi connectivity index (χ4v) is 4.16. The van der Waals surface area contributed by atoms with Crippen LogP contribution in [0.4, 0.5) is 20.2 Å². The van der Waals surface area contributed by atoms with Gasteiger partial charge in [0.25, 0.3) is 5.91 Å². The molecule has 16 heteroatoms. The van der Waals surface area contributed by atoms with Crippen molar-refractivity contribution in [3.63, 3.8) is 0 Å². The second-order valence-corrected chi connectivity index (χ2v) is 11.5. The number of alkyl halides is 2. The molecule has 5 N–H and O–H groups in total. The number of hydrogen-bond acceptors (Lipinski definition) is 11. The predicted octanol–water partition coefficient (Wildman–Crippen LogP) is 4.13. The third-order valence-corrected chi connectivity index (χ3v) is 6.82. The highest BCUT2D eigenvalue weighted by molar-refractivity contribution is 6.29. The molecule has 3 atom stereocenters. The number of nitrogens with zero attached hydrogens (tertiary/aromatic N) is 5. The van der Waals surface area contributed by atoms with Crippen LogP contribution in [-0.2, 0) is 4.74 Å². The zero-order chi connectivity index (χ0) is 34.7. The molecule has 4 heterocycles. The number of esters is 1. The van der Waals surface area contributed by atoms with Crippen LogP contribution in [0.2, 0.25) is 5.15 Å². The first-order chi connectivity index (χ1) is 22.3. The molecule has 47 heavy (non-hydrogen) atoms. The number of hydrogen-bond donors (Lipinski definition) is 5. The van der Waals surface area contributed by atoms with Crippen LogP contribution in [-0.4, -0.2) is 96.9 Å². The summed E-state index contributed by atoms with van der Waals surface area (Å²) >= 11 is 5.76. The number of halogens is 3. The molecule has 0 aliphatic heterocycles. The topological polar surface area (TPSA) is 176 Å². The lowest BCUT2D eigenvalue weighted by Crippen LogP contribution is -2.42.